The van der Waals surface area contributed by atoms with Crippen molar-refractivity contribution in [1.29, 1.82) is 0 Å². The van der Waals surface area contributed by atoms with Crippen LogP contribution >= 0.6 is 0 Å². The van der Waals surface area contributed by atoms with Crippen LogP contribution in [0.15, 0.2) is 18.2 Å². The molecule has 0 atom stereocenters. The van der Waals surface area contributed by atoms with E-state index in [1.54, 1.807) is 13.0 Å². The van der Waals surface area contributed by atoms with Gasteiger partial charge in [0.2, 0.25) is 0 Å². The van der Waals surface area contributed by atoms with Crippen molar-refractivity contribution in [3.05, 3.63) is 23.9 Å². The molecule has 1 aromatic heterocycles. The molecule has 0 aliphatic carbocycles. The molecule has 2 saturated heterocycles. The molecule has 2 aliphatic rings. The molecule has 2 fully saturated rings. The maximum absolute atomic E-state index is 11.6. The second kappa shape index (κ2) is 4.24. The Balaban J connectivity index is 1.70. The van der Waals surface area contributed by atoms with E-state index < -0.39 is 0 Å². The van der Waals surface area contributed by atoms with Crippen molar-refractivity contribution in [3.8, 4) is 0 Å². The molecule has 0 unspecified atom stereocenters. The van der Waals surface area contributed by atoms with Crippen LogP contribution in [0.5, 0.6) is 0 Å². The van der Waals surface area contributed by atoms with Crippen LogP contribution in [0.3, 0.4) is 0 Å². The first-order valence-corrected chi connectivity index (χ1v) is 6.19. The van der Waals surface area contributed by atoms with Crippen molar-refractivity contribution < 1.29 is 14.3 Å². The monoisotopic (exact) mass is 248 g/mol. The standard InChI is InChI=1S/C13H16N2O3/c1-2-18-12(16)10-4-3-5-11(14-10)15-6-13(7-15)8-17-9-13/h3-5H,2,6-9H2,1H3. The minimum Gasteiger partial charge on any atom is -0.461 e. The van der Waals surface area contributed by atoms with Gasteiger partial charge in [-0.05, 0) is 19.1 Å². The van der Waals surface area contributed by atoms with Gasteiger partial charge in [-0.25, -0.2) is 9.78 Å². The van der Waals surface area contributed by atoms with Gasteiger partial charge in [0.05, 0.1) is 25.2 Å². The lowest BCUT2D eigenvalue weighted by molar-refractivity contribution is -0.127. The van der Waals surface area contributed by atoms with Crippen LogP contribution in [0.1, 0.15) is 17.4 Å². The SMILES string of the molecule is CCOC(=O)c1cccc(N2CC3(COC3)C2)n1. The molecule has 0 radical (unpaired) electrons. The summed E-state index contributed by atoms with van der Waals surface area (Å²) >= 11 is 0. The van der Waals surface area contributed by atoms with Crippen molar-refractivity contribution in [2.45, 2.75) is 6.92 Å². The van der Waals surface area contributed by atoms with Crippen LogP contribution in [0.4, 0.5) is 5.82 Å². The Morgan fingerprint density at radius 1 is 1.50 bits per heavy atom. The van der Waals surface area contributed by atoms with E-state index in [0.29, 0.717) is 17.7 Å². The third-order valence-corrected chi connectivity index (χ3v) is 3.41. The number of carbonyl (C=O) groups excluding carboxylic acids is 1. The molecule has 96 valence electrons. The van der Waals surface area contributed by atoms with Crippen LogP contribution in [0.2, 0.25) is 0 Å². The van der Waals surface area contributed by atoms with Gasteiger partial charge in [-0.1, -0.05) is 6.07 Å². The van der Waals surface area contributed by atoms with Crippen LogP contribution < -0.4 is 4.90 Å². The van der Waals surface area contributed by atoms with E-state index in [1.807, 2.05) is 12.1 Å². The van der Waals surface area contributed by atoms with E-state index in [0.717, 1.165) is 32.1 Å². The lowest BCUT2D eigenvalue weighted by Crippen LogP contribution is -2.66. The number of hydrogen-bond donors (Lipinski definition) is 0. The normalized spacial score (nSPS) is 20.2. The molecule has 2 aliphatic heterocycles. The number of carbonyl (C=O) groups is 1. The smallest absolute Gasteiger partial charge is 0.356 e. The average molecular weight is 248 g/mol. The molecule has 5 heteroatoms. The number of nitrogens with zero attached hydrogens (tertiary/aromatic N) is 2. The molecule has 3 rings (SSSR count). The summed E-state index contributed by atoms with van der Waals surface area (Å²) in [6.07, 6.45) is 0. The first-order valence-electron chi connectivity index (χ1n) is 6.19. The Morgan fingerprint density at radius 3 is 2.89 bits per heavy atom. The topological polar surface area (TPSA) is 51.7 Å². The first-order chi connectivity index (χ1) is 8.72. The summed E-state index contributed by atoms with van der Waals surface area (Å²) in [5, 5.41) is 0. The number of pyridine rings is 1. The van der Waals surface area contributed by atoms with Gasteiger partial charge in [0.25, 0.3) is 0 Å². The molecule has 0 saturated carbocycles. The summed E-state index contributed by atoms with van der Waals surface area (Å²) in [6.45, 7) is 5.78. The summed E-state index contributed by atoms with van der Waals surface area (Å²) in [4.78, 5) is 18.1. The van der Waals surface area contributed by atoms with E-state index in [4.69, 9.17) is 9.47 Å². The van der Waals surface area contributed by atoms with Gasteiger partial charge in [0.1, 0.15) is 5.82 Å². The highest BCUT2D eigenvalue weighted by Gasteiger charge is 2.49. The number of hydrogen-bond acceptors (Lipinski definition) is 5. The lowest BCUT2D eigenvalue weighted by atomic mass is 9.78. The van der Waals surface area contributed by atoms with E-state index in [-0.39, 0.29) is 5.97 Å². The molecule has 1 spiro atoms. The summed E-state index contributed by atoms with van der Waals surface area (Å²) in [5.74, 6) is 0.486. The second-order valence-corrected chi connectivity index (χ2v) is 4.95. The minimum atomic E-state index is -0.360. The fourth-order valence-corrected chi connectivity index (χ4v) is 2.42. The van der Waals surface area contributed by atoms with E-state index in [9.17, 15) is 4.79 Å². The quantitative estimate of drug-likeness (QED) is 0.750. The van der Waals surface area contributed by atoms with Crippen LogP contribution in [0.25, 0.3) is 0 Å². The molecule has 1 aromatic rings. The predicted molar refractivity (Wildman–Crippen MR) is 65.7 cm³/mol. The van der Waals surface area contributed by atoms with Gasteiger partial charge in [0, 0.05) is 13.1 Å². The van der Waals surface area contributed by atoms with Gasteiger partial charge in [0.15, 0.2) is 5.69 Å². The number of anilines is 1. The molecule has 0 N–H and O–H groups in total. The third-order valence-electron chi connectivity index (χ3n) is 3.41. The van der Waals surface area contributed by atoms with Crippen molar-refractivity contribution in [1.82, 2.24) is 4.98 Å². The second-order valence-electron chi connectivity index (χ2n) is 4.95. The molecular weight excluding hydrogens is 232 g/mol. The number of ether oxygens (including phenoxy) is 2. The van der Waals surface area contributed by atoms with Crippen LogP contribution in [-0.2, 0) is 9.47 Å². The Kier molecular flexibility index (Phi) is 2.70. The highest BCUT2D eigenvalue weighted by Crippen LogP contribution is 2.39. The van der Waals surface area contributed by atoms with E-state index in [1.165, 1.54) is 0 Å². The predicted octanol–water partition coefficient (Wildman–Crippen LogP) is 1.09. The Bertz CT molecular complexity index is 463. The van der Waals surface area contributed by atoms with Gasteiger partial charge < -0.3 is 14.4 Å². The molecule has 0 aromatic carbocycles. The largest absolute Gasteiger partial charge is 0.461 e. The summed E-state index contributed by atoms with van der Waals surface area (Å²) in [6, 6.07) is 5.45. The zero-order chi connectivity index (χ0) is 12.6. The molecule has 3 heterocycles. The molecule has 5 nitrogen and oxygen atoms in total. The highest BCUT2D eigenvalue weighted by molar-refractivity contribution is 5.87. The van der Waals surface area contributed by atoms with Gasteiger partial charge in [-0.15, -0.1) is 0 Å². The first kappa shape index (κ1) is 11.5. The molecule has 0 amide bonds. The maximum Gasteiger partial charge on any atom is 0.356 e. The fourth-order valence-electron chi connectivity index (χ4n) is 2.42. The minimum absolute atomic E-state index is 0.349. The maximum atomic E-state index is 11.6. The van der Waals surface area contributed by atoms with Crippen molar-refractivity contribution in [2.24, 2.45) is 5.41 Å². The van der Waals surface area contributed by atoms with Gasteiger partial charge >= 0.3 is 5.97 Å². The summed E-state index contributed by atoms with van der Waals surface area (Å²) in [5.41, 5.74) is 0.724. The van der Waals surface area contributed by atoms with E-state index in [2.05, 4.69) is 9.88 Å². The Morgan fingerprint density at radius 2 is 2.28 bits per heavy atom. The van der Waals surface area contributed by atoms with Crippen molar-refractivity contribution in [3.63, 3.8) is 0 Å². The highest BCUT2D eigenvalue weighted by atomic mass is 16.5. The lowest BCUT2D eigenvalue weighted by Gasteiger charge is -2.55. The zero-order valence-corrected chi connectivity index (χ0v) is 10.4. The fraction of sp³-hybridized carbons (Fsp3) is 0.538. The van der Waals surface area contributed by atoms with Gasteiger partial charge in [-0.2, -0.15) is 0 Å². The zero-order valence-electron chi connectivity index (χ0n) is 10.4. The van der Waals surface area contributed by atoms with Crippen molar-refractivity contribution in [2.75, 3.05) is 37.8 Å². The number of rotatable bonds is 3. The summed E-state index contributed by atoms with van der Waals surface area (Å²) in [7, 11) is 0. The third kappa shape index (κ3) is 1.84. The summed E-state index contributed by atoms with van der Waals surface area (Å²) < 4.78 is 10.2. The molecule has 0 bridgehead atoms. The Hall–Kier alpha value is -1.62. The average Bonchev–Trinajstić information content (AvgIpc) is 2.26. The van der Waals surface area contributed by atoms with Gasteiger partial charge in [-0.3, -0.25) is 0 Å². The number of esters is 1. The Labute approximate surface area is 106 Å². The molecular formula is C13H16N2O3. The molecule has 18 heavy (non-hydrogen) atoms. The van der Waals surface area contributed by atoms with Crippen LogP contribution in [-0.4, -0.2) is 43.9 Å². The van der Waals surface area contributed by atoms with Crippen molar-refractivity contribution >= 4 is 11.8 Å². The number of aromatic nitrogens is 1. The van der Waals surface area contributed by atoms with Crippen LogP contribution in [0, 0.1) is 5.41 Å². The van der Waals surface area contributed by atoms with E-state index >= 15 is 0 Å².